The molecule has 0 radical (unpaired) electrons. The molecular weight excluding hydrogens is 284 g/mol. The highest BCUT2D eigenvalue weighted by atomic mass is 32.1. The van der Waals surface area contributed by atoms with E-state index in [1.807, 2.05) is 17.5 Å². The minimum absolute atomic E-state index is 0.311. The van der Waals surface area contributed by atoms with Gasteiger partial charge in [0.25, 0.3) is 0 Å². The first kappa shape index (κ1) is 14.7. The van der Waals surface area contributed by atoms with Gasteiger partial charge in [-0.2, -0.15) is 0 Å². The Morgan fingerprint density at radius 3 is 3.29 bits per heavy atom. The molecule has 1 fully saturated rings. The highest BCUT2D eigenvalue weighted by molar-refractivity contribution is 7.10. The van der Waals surface area contributed by atoms with Crippen molar-refractivity contribution < 1.29 is 4.74 Å². The molecule has 2 aromatic rings. The number of H-pyrrole nitrogens is 1. The molecule has 0 amide bonds. The van der Waals surface area contributed by atoms with Crippen molar-refractivity contribution in [3.05, 3.63) is 40.6 Å². The maximum Gasteiger partial charge on any atom is 0.120 e. The number of rotatable bonds is 6. The van der Waals surface area contributed by atoms with E-state index < -0.39 is 0 Å². The lowest BCUT2D eigenvalue weighted by Gasteiger charge is -2.37. The van der Waals surface area contributed by atoms with Crippen LogP contribution in [-0.4, -0.2) is 47.2 Å². The van der Waals surface area contributed by atoms with Crippen LogP contribution in [0, 0.1) is 0 Å². The molecule has 2 unspecified atom stereocenters. The van der Waals surface area contributed by atoms with Crippen LogP contribution in [0.15, 0.2) is 29.9 Å². The quantitative estimate of drug-likeness (QED) is 0.857. The van der Waals surface area contributed by atoms with Crippen molar-refractivity contribution in [2.45, 2.75) is 25.6 Å². The summed E-state index contributed by atoms with van der Waals surface area (Å²) in [6.45, 7) is 6.65. The number of nitrogens with one attached hydrogen (secondary N) is 2. The summed E-state index contributed by atoms with van der Waals surface area (Å²) in [5.74, 6) is 0.982. The fourth-order valence-electron chi connectivity index (χ4n) is 2.74. The first-order valence-corrected chi connectivity index (χ1v) is 8.29. The van der Waals surface area contributed by atoms with E-state index in [9.17, 15) is 0 Å². The number of imidazole rings is 1. The van der Waals surface area contributed by atoms with Gasteiger partial charge in [0.1, 0.15) is 5.82 Å². The van der Waals surface area contributed by atoms with Crippen LogP contribution in [0.4, 0.5) is 0 Å². The summed E-state index contributed by atoms with van der Waals surface area (Å²) in [6, 6.07) is 4.76. The van der Waals surface area contributed by atoms with Gasteiger partial charge < -0.3 is 15.0 Å². The zero-order valence-corrected chi connectivity index (χ0v) is 13.1. The standard InChI is InChI=1S/C15H22N4OS/c1-12-11-19(6-7-20-12)13(14-3-2-8-21-14)9-16-10-15-17-4-5-18-15/h2-5,8,12-13,16H,6-7,9-11H2,1H3,(H,17,18). The molecule has 0 saturated carbocycles. The van der Waals surface area contributed by atoms with Crippen molar-refractivity contribution in [2.24, 2.45) is 0 Å². The van der Waals surface area contributed by atoms with Gasteiger partial charge in [0, 0.05) is 36.9 Å². The van der Waals surface area contributed by atoms with E-state index in [1.165, 1.54) is 4.88 Å². The van der Waals surface area contributed by atoms with Gasteiger partial charge in [-0.25, -0.2) is 4.98 Å². The van der Waals surface area contributed by atoms with Crippen LogP contribution in [0.1, 0.15) is 23.7 Å². The molecule has 0 spiro atoms. The van der Waals surface area contributed by atoms with Crippen molar-refractivity contribution in [1.29, 1.82) is 0 Å². The van der Waals surface area contributed by atoms with E-state index in [1.54, 1.807) is 6.20 Å². The Kier molecular flexibility index (Phi) is 5.03. The number of aromatic nitrogens is 2. The van der Waals surface area contributed by atoms with Crippen LogP contribution < -0.4 is 5.32 Å². The van der Waals surface area contributed by atoms with Crippen molar-refractivity contribution >= 4 is 11.3 Å². The summed E-state index contributed by atoms with van der Waals surface area (Å²) in [5.41, 5.74) is 0. The molecule has 2 atom stereocenters. The van der Waals surface area contributed by atoms with Gasteiger partial charge in [0.2, 0.25) is 0 Å². The lowest BCUT2D eigenvalue weighted by atomic mass is 10.1. The predicted molar refractivity (Wildman–Crippen MR) is 84.3 cm³/mol. The molecule has 2 N–H and O–H groups in total. The largest absolute Gasteiger partial charge is 0.376 e. The number of hydrogen-bond donors (Lipinski definition) is 2. The van der Waals surface area contributed by atoms with E-state index in [0.29, 0.717) is 12.1 Å². The van der Waals surface area contributed by atoms with Crippen molar-refractivity contribution in [3.63, 3.8) is 0 Å². The first-order valence-electron chi connectivity index (χ1n) is 7.41. The van der Waals surface area contributed by atoms with Gasteiger partial charge in [0.15, 0.2) is 0 Å². The van der Waals surface area contributed by atoms with E-state index in [2.05, 4.69) is 44.6 Å². The number of ether oxygens (including phenoxy) is 1. The Labute approximate surface area is 129 Å². The van der Waals surface area contributed by atoms with Crippen molar-refractivity contribution in [3.8, 4) is 0 Å². The van der Waals surface area contributed by atoms with Gasteiger partial charge in [-0.3, -0.25) is 4.90 Å². The third-order valence-electron chi connectivity index (χ3n) is 3.77. The highest BCUT2D eigenvalue weighted by Crippen LogP contribution is 2.26. The molecule has 5 nitrogen and oxygen atoms in total. The van der Waals surface area contributed by atoms with Gasteiger partial charge in [0.05, 0.1) is 25.3 Å². The minimum atomic E-state index is 0.311. The van der Waals surface area contributed by atoms with E-state index in [-0.39, 0.29) is 0 Å². The van der Waals surface area contributed by atoms with Gasteiger partial charge >= 0.3 is 0 Å². The summed E-state index contributed by atoms with van der Waals surface area (Å²) in [7, 11) is 0. The molecule has 21 heavy (non-hydrogen) atoms. The van der Waals surface area contributed by atoms with E-state index in [4.69, 9.17) is 4.74 Å². The van der Waals surface area contributed by atoms with E-state index >= 15 is 0 Å². The Bertz CT molecular complexity index is 514. The second-order valence-electron chi connectivity index (χ2n) is 5.37. The number of morpholine rings is 1. The summed E-state index contributed by atoms with van der Waals surface area (Å²) >= 11 is 1.83. The molecule has 1 aliphatic rings. The zero-order valence-electron chi connectivity index (χ0n) is 12.3. The SMILES string of the molecule is CC1CN(C(CNCc2ncc[nH]2)c2cccs2)CCO1. The smallest absolute Gasteiger partial charge is 0.120 e. The minimum Gasteiger partial charge on any atom is -0.376 e. The van der Waals surface area contributed by atoms with Gasteiger partial charge in [-0.05, 0) is 18.4 Å². The summed E-state index contributed by atoms with van der Waals surface area (Å²) in [5, 5.41) is 5.67. The molecular formula is C15H22N4OS. The van der Waals surface area contributed by atoms with Gasteiger partial charge in [-0.15, -0.1) is 11.3 Å². The van der Waals surface area contributed by atoms with Gasteiger partial charge in [-0.1, -0.05) is 6.07 Å². The fourth-order valence-corrected chi connectivity index (χ4v) is 3.60. The maximum atomic E-state index is 5.67. The van der Waals surface area contributed by atoms with Crippen LogP contribution in [0.5, 0.6) is 0 Å². The highest BCUT2D eigenvalue weighted by Gasteiger charge is 2.25. The second kappa shape index (κ2) is 7.17. The Morgan fingerprint density at radius 2 is 2.57 bits per heavy atom. The Balaban J connectivity index is 1.62. The summed E-state index contributed by atoms with van der Waals surface area (Å²) in [6.07, 6.45) is 3.96. The topological polar surface area (TPSA) is 53.2 Å². The van der Waals surface area contributed by atoms with Crippen LogP contribution >= 0.6 is 11.3 Å². The second-order valence-corrected chi connectivity index (χ2v) is 6.35. The normalized spacial score (nSPS) is 21.5. The average Bonchev–Trinajstić information content (AvgIpc) is 3.17. The third kappa shape index (κ3) is 3.91. The lowest BCUT2D eigenvalue weighted by Crippen LogP contribution is -2.45. The predicted octanol–water partition coefficient (Wildman–Crippen LogP) is 2.02. The fraction of sp³-hybridized carbons (Fsp3) is 0.533. The molecule has 1 saturated heterocycles. The van der Waals surface area contributed by atoms with Crippen LogP contribution in [0.3, 0.4) is 0 Å². The Morgan fingerprint density at radius 1 is 1.62 bits per heavy atom. The number of nitrogens with zero attached hydrogens (tertiary/aromatic N) is 2. The molecule has 3 heterocycles. The monoisotopic (exact) mass is 306 g/mol. The molecule has 1 aliphatic heterocycles. The molecule has 6 heteroatoms. The van der Waals surface area contributed by atoms with Crippen molar-refractivity contribution in [1.82, 2.24) is 20.2 Å². The third-order valence-corrected chi connectivity index (χ3v) is 4.74. The average molecular weight is 306 g/mol. The summed E-state index contributed by atoms with van der Waals surface area (Å²) < 4.78 is 5.67. The summed E-state index contributed by atoms with van der Waals surface area (Å²) in [4.78, 5) is 11.3. The maximum absolute atomic E-state index is 5.67. The Hall–Kier alpha value is -1.21. The van der Waals surface area contributed by atoms with Crippen LogP contribution in [0.2, 0.25) is 0 Å². The number of thiophene rings is 1. The van der Waals surface area contributed by atoms with Crippen LogP contribution in [-0.2, 0) is 11.3 Å². The van der Waals surface area contributed by atoms with E-state index in [0.717, 1.165) is 38.6 Å². The molecule has 114 valence electrons. The first-order chi connectivity index (χ1) is 10.3. The molecule has 0 bridgehead atoms. The molecule has 0 aliphatic carbocycles. The number of aromatic amines is 1. The zero-order chi connectivity index (χ0) is 14.5. The number of hydrogen-bond acceptors (Lipinski definition) is 5. The lowest BCUT2D eigenvalue weighted by molar-refractivity contribution is -0.0339. The molecule has 3 rings (SSSR count). The van der Waals surface area contributed by atoms with Crippen molar-refractivity contribution in [2.75, 3.05) is 26.2 Å². The van der Waals surface area contributed by atoms with Crippen LogP contribution in [0.25, 0.3) is 0 Å². The molecule has 0 aromatic carbocycles. The molecule has 2 aromatic heterocycles.